The van der Waals surface area contributed by atoms with Crippen LogP contribution in [0.4, 0.5) is 9.59 Å². The van der Waals surface area contributed by atoms with E-state index < -0.39 is 41.4 Å². The maximum atomic E-state index is 12.5. The molecule has 1 aliphatic rings. The van der Waals surface area contributed by atoms with E-state index >= 15 is 0 Å². The second kappa shape index (κ2) is 7.92. The number of hydrogen-bond donors (Lipinski definition) is 0. The lowest BCUT2D eigenvalue weighted by atomic mass is 10.0. The Hall–Kier alpha value is -2.32. The SMILES string of the molecule is COC(=O)C1[C@H](C=O)N(C(=O)OC(C)(C)C)CCN1C(=O)OC(C)(C)C. The first-order chi connectivity index (χ1) is 11.8. The van der Waals surface area contributed by atoms with Gasteiger partial charge in [-0.25, -0.2) is 14.4 Å². The second-order valence-electron chi connectivity index (χ2n) is 7.94. The van der Waals surface area contributed by atoms with Gasteiger partial charge < -0.3 is 19.0 Å². The van der Waals surface area contributed by atoms with Crippen molar-refractivity contribution in [1.29, 1.82) is 0 Å². The average Bonchev–Trinajstić information content (AvgIpc) is 2.49. The fourth-order valence-electron chi connectivity index (χ4n) is 2.45. The van der Waals surface area contributed by atoms with E-state index in [0.717, 1.165) is 16.9 Å². The van der Waals surface area contributed by atoms with Gasteiger partial charge in [0.1, 0.15) is 23.5 Å². The zero-order valence-corrected chi connectivity index (χ0v) is 16.4. The van der Waals surface area contributed by atoms with Crippen molar-refractivity contribution in [2.75, 3.05) is 20.2 Å². The van der Waals surface area contributed by atoms with Gasteiger partial charge in [-0.15, -0.1) is 0 Å². The fraction of sp³-hybridized carbons (Fsp3) is 0.765. The van der Waals surface area contributed by atoms with Gasteiger partial charge in [0.25, 0.3) is 0 Å². The molecule has 2 atom stereocenters. The Morgan fingerprint density at radius 2 is 1.31 bits per heavy atom. The van der Waals surface area contributed by atoms with E-state index in [4.69, 9.17) is 14.2 Å². The van der Waals surface area contributed by atoms with Gasteiger partial charge in [0, 0.05) is 13.1 Å². The summed E-state index contributed by atoms with van der Waals surface area (Å²) in [4.78, 5) is 51.0. The quantitative estimate of drug-likeness (QED) is 0.412. The number of carbonyl (C=O) groups is 4. The molecule has 1 heterocycles. The summed E-state index contributed by atoms with van der Waals surface area (Å²) in [6, 6.07) is -2.55. The number of aldehydes is 1. The number of ether oxygens (including phenoxy) is 3. The van der Waals surface area contributed by atoms with E-state index in [1.165, 1.54) is 0 Å². The van der Waals surface area contributed by atoms with Gasteiger partial charge in [0.05, 0.1) is 7.11 Å². The van der Waals surface area contributed by atoms with Crippen molar-refractivity contribution in [2.24, 2.45) is 0 Å². The van der Waals surface area contributed by atoms with Gasteiger partial charge in [0.15, 0.2) is 6.04 Å². The molecule has 1 rings (SSSR count). The smallest absolute Gasteiger partial charge is 0.411 e. The lowest BCUT2D eigenvalue weighted by molar-refractivity contribution is -0.153. The highest BCUT2D eigenvalue weighted by molar-refractivity contribution is 5.88. The molecule has 2 amide bonds. The molecule has 9 nitrogen and oxygen atoms in total. The first-order valence-electron chi connectivity index (χ1n) is 8.33. The van der Waals surface area contributed by atoms with Gasteiger partial charge in [-0.1, -0.05) is 0 Å². The topological polar surface area (TPSA) is 102 Å². The van der Waals surface area contributed by atoms with Gasteiger partial charge in [-0.3, -0.25) is 9.80 Å². The minimum absolute atomic E-state index is 0.00172. The van der Waals surface area contributed by atoms with Crippen molar-refractivity contribution in [2.45, 2.75) is 64.8 Å². The van der Waals surface area contributed by atoms with Gasteiger partial charge in [0.2, 0.25) is 0 Å². The Labute approximate surface area is 153 Å². The van der Waals surface area contributed by atoms with Crippen LogP contribution in [0.1, 0.15) is 41.5 Å². The summed E-state index contributed by atoms with van der Waals surface area (Å²) < 4.78 is 15.3. The van der Waals surface area contributed by atoms with Crippen LogP contribution >= 0.6 is 0 Å². The summed E-state index contributed by atoms with van der Waals surface area (Å²) in [5, 5.41) is 0. The van der Waals surface area contributed by atoms with E-state index in [9.17, 15) is 19.2 Å². The summed E-state index contributed by atoms with van der Waals surface area (Å²) >= 11 is 0. The number of methoxy groups -OCH3 is 1. The molecular weight excluding hydrogens is 344 g/mol. The third kappa shape index (κ3) is 5.60. The van der Waals surface area contributed by atoms with E-state index in [-0.39, 0.29) is 13.1 Å². The van der Waals surface area contributed by atoms with Crippen molar-refractivity contribution < 1.29 is 33.4 Å². The molecule has 0 aromatic carbocycles. The fourth-order valence-corrected chi connectivity index (χ4v) is 2.45. The Morgan fingerprint density at radius 1 is 0.885 bits per heavy atom. The highest BCUT2D eigenvalue weighted by Crippen LogP contribution is 2.23. The summed E-state index contributed by atoms with van der Waals surface area (Å²) in [6.07, 6.45) is -1.07. The molecule has 1 fully saturated rings. The van der Waals surface area contributed by atoms with Gasteiger partial charge >= 0.3 is 18.2 Å². The molecule has 1 unspecified atom stereocenters. The normalized spacial score (nSPS) is 21.0. The molecule has 148 valence electrons. The molecule has 0 bridgehead atoms. The lowest BCUT2D eigenvalue weighted by Gasteiger charge is -2.43. The third-order valence-electron chi connectivity index (χ3n) is 3.44. The van der Waals surface area contributed by atoms with Crippen LogP contribution in [-0.4, -0.2) is 77.7 Å². The van der Waals surface area contributed by atoms with Crippen molar-refractivity contribution >= 4 is 24.4 Å². The minimum atomic E-state index is -1.31. The van der Waals surface area contributed by atoms with Crippen LogP contribution in [0.3, 0.4) is 0 Å². The van der Waals surface area contributed by atoms with E-state index in [2.05, 4.69) is 0 Å². The number of piperazine rings is 1. The van der Waals surface area contributed by atoms with E-state index in [0.29, 0.717) is 6.29 Å². The van der Waals surface area contributed by atoms with Crippen molar-refractivity contribution in [1.82, 2.24) is 9.80 Å². The molecule has 0 aromatic heterocycles. The standard InChI is InChI=1S/C17H28N2O7/c1-16(2,3)25-14(22)18-8-9-19(15(23)26-17(4,5)6)12(11(18)10-20)13(21)24-7/h10-12H,8-9H2,1-7H3/t11-,12?/m0/s1. The number of hydrogen-bond acceptors (Lipinski definition) is 7. The highest BCUT2D eigenvalue weighted by atomic mass is 16.6. The average molecular weight is 372 g/mol. The predicted molar refractivity (Wildman–Crippen MR) is 91.5 cm³/mol. The van der Waals surface area contributed by atoms with Gasteiger partial charge in [-0.2, -0.15) is 0 Å². The van der Waals surface area contributed by atoms with Crippen LogP contribution < -0.4 is 0 Å². The zero-order chi connectivity index (χ0) is 20.3. The summed E-state index contributed by atoms with van der Waals surface area (Å²) in [5.41, 5.74) is -1.55. The van der Waals surface area contributed by atoms with Gasteiger partial charge in [-0.05, 0) is 41.5 Å². The third-order valence-corrected chi connectivity index (χ3v) is 3.44. The van der Waals surface area contributed by atoms with Crippen LogP contribution in [0, 0.1) is 0 Å². The van der Waals surface area contributed by atoms with Crippen LogP contribution in [0.5, 0.6) is 0 Å². The molecule has 0 aliphatic carbocycles. The monoisotopic (exact) mass is 372 g/mol. The first kappa shape index (κ1) is 21.7. The van der Waals surface area contributed by atoms with E-state index in [1.807, 2.05) is 0 Å². The number of carbonyl (C=O) groups excluding carboxylic acids is 4. The molecule has 0 saturated carbocycles. The number of nitrogens with zero attached hydrogens (tertiary/aromatic N) is 2. The van der Waals surface area contributed by atoms with Crippen LogP contribution in [0.2, 0.25) is 0 Å². The molecule has 0 radical (unpaired) electrons. The number of esters is 1. The molecule has 0 N–H and O–H groups in total. The summed E-state index contributed by atoms with van der Waals surface area (Å²) in [5.74, 6) is -0.818. The van der Waals surface area contributed by atoms with Crippen LogP contribution in [-0.2, 0) is 23.8 Å². The lowest BCUT2D eigenvalue weighted by Crippen LogP contribution is -2.66. The maximum Gasteiger partial charge on any atom is 0.411 e. The predicted octanol–water partition coefficient (Wildman–Crippen LogP) is 1.58. The first-order valence-corrected chi connectivity index (χ1v) is 8.33. The van der Waals surface area contributed by atoms with Crippen LogP contribution in [0.15, 0.2) is 0 Å². The summed E-state index contributed by atoms with van der Waals surface area (Å²) in [6.45, 7) is 10.1. The maximum absolute atomic E-state index is 12.5. The van der Waals surface area contributed by atoms with Crippen molar-refractivity contribution in [3.63, 3.8) is 0 Å². The Balaban J connectivity index is 3.14. The molecule has 0 spiro atoms. The molecule has 1 aliphatic heterocycles. The Morgan fingerprint density at radius 3 is 1.69 bits per heavy atom. The molecule has 1 saturated heterocycles. The summed E-state index contributed by atoms with van der Waals surface area (Å²) in [7, 11) is 1.14. The molecule has 9 heteroatoms. The number of rotatable bonds is 2. The van der Waals surface area contributed by atoms with Crippen LogP contribution in [0.25, 0.3) is 0 Å². The van der Waals surface area contributed by atoms with Crippen molar-refractivity contribution in [3.05, 3.63) is 0 Å². The molecular formula is C17H28N2O7. The molecule has 0 aromatic rings. The van der Waals surface area contributed by atoms with Crippen molar-refractivity contribution in [3.8, 4) is 0 Å². The Kier molecular flexibility index (Phi) is 6.62. The number of amides is 2. The second-order valence-corrected chi connectivity index (χ2v) is 7.94. The molecule has 26 heavy (non-hydrogen) atoms. The highest BCUT2D eigenvalue weighted by Gasteiger charge is 2.47. The Bertz CT molecular complexity index is 562. The minimum Gasteiger partial charge on any atom is -0.467 e. The van der Waals surface area contributed by atoms with E-state index in [1.54, 1.807) is 41.5 Å². The largest absolute Gasteiger partial charge is 0.467 e. The zero-order valence-electron chi connectivity index (χ0n) is 16.4.